The van der Waals surface area contributed by atoms with Gasteiger partial charge in [0.15, 0.2) is 0 Å². The zero-order valence-corrected chi connectivity index (χ0v) is 8.42. The van der Waals surface area contributed by atoms with E-state index in [0.29, 0.717) is 5.57 Å². The van der Waals surface area contributed by atoms with Gasteiger partial charge in [-0.1, -0.05) is 18.2 Å². The second-order valence-corrected chi connectivity index (χ2v) is 3.59. The quantitative estimate of drug-likeness (QED) is 0.663. The van der Waals surface area contributed by atoms with Crippen LogP contribution in [0.1, 0.15) is 0 Å². The Morgan fingerprint density at radius 3 is 2.81 bits per heavy atom. The van der Waals surface area contributed by atoms with Gasteiger partial charge in [0.1, 0.15) is 0 Å². The van der Waals surface area contributed by atoms with Gasteiger partial charge in [-0.3, -0.25) is 4.79 Å². The van der Waals surface area contributed by atoms with Crippen molar-refractivity contribution >= 4 is 18.2 Å². The summed E-state index contributed by atoms with van der Waals surface area (Å²) in [6, 6.07) is 7.87. The van der Waals surface area contributed by atoms with Gasteiger partial charge in [-0.25, -0.2) is 9.98 Å². The van der Waals surface area contributed by atoms with Gasteiger partial charge in [-0.05, 0) is 24.3 Å². The molecule has 0 atom stereocenters. The number of hydrogen-bond acceptors (Lipinski definition) is 2. The monoisotopic (exact) mass is 208 g/mol. The number of allylic oxidation sites excluding steroid dienone is 2. The van der Waals surface area contributed by atoms with E-state index < -0.39 is 0 Å². The molecule has 2 heterocycles. The molecule has 16 heavy (non-hydrogen) atoms. The molecule has 76 valence electrons. The number of hydrogen-bond donors (Lipinski definition) is 0. The molecule has 0 saturated heterocycles. The van der Waals surface area contributed by atoms with E-state index in [1.807, 2.05) is 30.3 Å². The lowest BCUT2D eigenvalue weighted by atomic mass is 10.2. The number of carbonyl (C=O) groups excluding carboxylic acids is 1. The number of aliphatic imine (C=N–C) groups is 1. The third-order valence-electron chi connectivity index (χ3n) is 2.49. The molecule has 2 aliphatic rings. The minimum absolute atomic E-state index is 0.202. The Kier molecular flexibility index (Phi) is 1.90. The minimum Gasteiger partial charge on any atom is -0.267 e. The van der Waals surface area contributed by atoms with E-state index in [4.69, 9.17) is 0 Å². The summed E-state index contributed by atoms with van der Waals surface area (Å²) in [5.74, 6) is -0.202. The lowest BCUT2D eigenvalue weighted by Crippen LogP contribution is -2.19. The molecule has 3 nitrogen and oxygen atoms in total. The molecule has 3 heteroatoms. The molecular formula is C13H8N2O. The summed E-state index contributed by atoms with van der Waals surface area (Å²) in [6.45, 7) is 0. The summed E-state index contributed by atoms with van der Waals surface area (Å²) in [5, 5.41) is 2.03. The third kappa shape index (κ3) is 1.42. The number of para-hydroxylation sites is 1. The van der Waals surface area contributed by atoms with Crippen LogP contribution >= 0.6 is 0 Å². The SMILES string of the molecule is O=C1N=CC=C1C=C1C=c2ccccc2=N1. The summed E-state index contributed by atoms with van der Waals surface area (Å²) >= 11 is 0. The highest BCUT2D eigenvalue weighted by atomic mass is 16.1. The molecule has 0 aliphatic carbocycles. The van der Waals surface area contributed by atoms with Crippen molar-refractivity contribution in [1.29, 1.82) is 0 Å². The first-order valence-corrected chi connectivity index (χ1v) is 4.99. The van der Waals surface area contributed by atoms with Crippen molar-refractivity contribution < 1.29 is 4.79 Å². The molecule has 0 fully saturated rings. The first-order chi connectivity index (χ1) is 7.83. The zero-order valence-electron chi connectivity index (χ0n) is 8.42. The molecule has 0 aromatic heterocycles. The Hall–Kier alpha value is -2.29. The molecule has 0 spiro atoms. The number of rotatable bonds is 1. The van der Waals surface area contributed by atoms with E-state index in [2.05, 4.69) is 9.98 Å². The molecular weight excluding hydrogens is 200 g/mol. The largest absolute Gasteiger partial charge is 0.277 e. The van der Waals surface area contributed by atoms with E-state index in [1.54, 1.807) is 12.2 Å². The number of amides is 1. The summed E-state index contributed by atoms with van der Waals surface area (Å²) in [7, 11) is 0. The molecule has 1 aromatic rings. The zero-order chi connectivity index (χ0) is 11.0. The molecule has 0 unspecified atom stereocenters. The molecule has 0 N–H and O–H groups in total. The predicted octanol–water partition coefficient (Wildman–Crippen LogP) is 0.522. The highest BCUT2D eigenvalue weighted by molar-refractivity contribution is 6.09. The van der Waals surface area contributed by atoms with E-state index in [0.717, 1.165) is 16.3 Å². The minimum atomic E-state index is -0.202. The smallest absolute Gasteiger partial charge is 0.267 e. The fourth-order valence-corrected chi connectivity index (χ4v) is 1.72. The van der Waals surface area contributed by atoms with Crippen LogP contribution in [0.25, 0.3) is 6.08 Å². The summed E-state index contributed by atoms with van der Waals surface area (Å²) in [6.07, 6.45) is 6.93. The lowest BCUT2D eigenvalue weighted by Gasteiger charge is -1.90. The maximum atomic E-state index is 11.3. The average molecular weight is 208 g/mol. The Labute approximate surface area is 91.9 Å². The van der Waals surface area contributed by atoms with Crippen molar-refractivity contribution in [3.63, 3.8) is 0 Å². The number of benzene rings is 1. The van der Waals surface area contributed by atoms with E-state index >= 15 is 0 Å². The van der Waals surface area contributed by atoms with Crippen LogP contribution < -0.4 is 10.6 Å². The van der Waals surface area contributed by atoms with E-state index in [-0.39, 0.29) is 5.91 Å². The van der Waals surface area contributed by atoms with Crippen LogP contribution in [-0.4, -0.2) is 12.1 Å². The Morgan fingerprint density at radius 1 is 1.19 bits per heavy atom. The van der Waals surface area contributed by atoms with Gasteiger partial charge in [0, 0.05) is 17.0 Å². The third-order valence-corrected chi connectivity index (χ3v) is 2.49. The van der Waals surface area contributed by atoms with E-state index in [9.17, 15) is 4.79 Å². The highest BCUT2D eigenvalue weighted by Crippen LogP contribution is 2.11. The second-order valence-electron chi connectivity index (χ2n) is 3.59. The number of fused-ring (bicyclic) bond motifs is 1. The normalized spacial score (nSPS) is 19.4. The van der Waals surface area contributed by atoms with Crippen LogP contribution in [-0.2, 0) is 4.79 Å². The van der Waals surface area contributed by atoms with Gasteiger partial charge in [-0.15, -0.1) is 0 Å². The maximum Gasteiger partial charge on any atom is 0.277 e. The highest BCUT2D eigenvalue weighted by Gasteiger charge is 2.10. The molecule has 0 radical (unpaired) electrons. The summed E-state index contributed by atoms with van der Waals surface area (Å²) in [4.78, 5) is 19.3. The maximum absolute atomic E-state index is 11.3. The van der Waals surface area contributed by atoms with E-state index in [1.165, 1.54) is 6.21 Å². The summed E-state index contributed by atoms with van der Waals surface area (Å²) in [5.41, 5.74) is 1.38. The predicted molar refractivity (Wildman–Crippen MR) is 61.4 cm³/mol. The number of carbonyl (C=O) groups is 1. The van der Waals surface area contributed by atoms with Crippen LogP contribution in [0, 0.1) is 0 Å². The van der Waals surface area contributed by atoms with Gasteiger partial charge in [-0.2, -0.15) is 0 Å². The van der Waals surface area contributed by atoms with Crippen molar-refractivity contribution in [1.82, 2.24) is 0 Å². The second kappa shape index (κ2) is 3.38. The first-order valence-electron chi connectivity index (χ1n) is 4.99. The Bertz CT molecular complexity index is 641. The van der Waals surface area contributed by atoms with Crippen LogP contribution in [0.3, 0.4) is 0 Å². The topological polar surface area (TPSA) is 41.8 Å². The van der Waals surface area contributed by atoms with Crippen LogP contribution in [0.4, 0.5) is 0 Å². The molecule has 0 saturated carbocycles. The average Bonchev–Trinajstić information content (AvgIpc) is 2.85. The fraction of sp³-hybridized carbons (Fsp3) is 0. The van der Waals surface area contributed by atoms with Crippen LogP contribution in [0.2, 0.25) is 0 Å². The first kappa shape index (κ1) is 8.97. The lowest BCUT2D eigenvalue weighted by molar-refractivity contribution is -0.113. The molecule has 2 aliphatic heterocycles. The van der Waals surface area contributed by atoms with Gasteiger partial charge in [0.05, 0.1) is 11.1 Å². The van der Waals surface area contributed by atoms with Crippen molar-refractivity contribution in [3.8, 4) is 0 Å². The van der Waals surface area contributed by atoms with Crippen molar-refractivity contribution in [2.45, 2.75) is 0 Å². The Balaban J connectivity index is 2.05. The molecule has 1 aromatic carbocycles. The molecule has 3 rings (SSSR count). The van der Waals surface area contributed by atoms with Gasteiger partial charge < -0.3 is 0 Å². The molecule has 0 bridgehead atoms. The van der Waals surface area contributed by atoms with Crippen molar-refractivity contribution in [2.75, 3.05) is 0 Å². The molecule has 1 amide bonds. The van der Waals surface area contributed by atoms with Gasteiger partial charge in [0.25, 0.3) is 5.91 Å². The number of nitrogens with zero attached hydrogens (tertiary/aromatic N) is 2. The summed E-state index contributed by atoms with van der Waals surface area (Å²) < 4.78 is 0. The van der Waals surface area contributed by atoms with Gasteiger partial charge >= 0.3 is 0 Å². The van der Waals surface area contributed by atoms with Crippen molar-refractivity contribution in [2.24, 2.45) is 9.98 Å². The fourth-order valence-electron chi connectivity index (χ4n) is 1.72. The van der Waals surface area contributed by atoms with Crippen molar-refractivity contribution in [3.05, 3.63) is 58.3 Å². The van der Waals surface area contributed by atoms with Crippen LogP contribution in [0.15, 0.2) is 57.7 Å². The Morgan fingerprint density at radius 2 is 2.06 bits per heavy atom. The van der Waals surface area contributed by atoms with Crippen LogP contribution in [0.5, 0.6) is 0 Å². The standard InChI is InChI=1S/C13H8N2O/c16-13-10(5-6-14-13)8-11-7-9-3-1-2-4-12(9)15-11/h1-8H. The van der Waals surface area contributed by atoms with Gasteiger partial charge in [0.2, 0.25) is 0 Å².